The highest BCUT2D eigenvalue weighted by atomic mass is 32.1. The number of furan rings is 1. The van der Waals surface area contributed by atoms with E-state index in [1.165, 1.54) is 0 Å². The summed E-state index contributed by atoms with van der Waals surface area (Å²) in [6, 6.07) is 14.2. The predicted octanol–water partition coefficient (Wildman–Crippen LogP) is 5.06. The quantitative estimate of drug-likeness (QED) is 0.420. The lowest BCUT2D eigenvalue weighted by Crippen LogP contribution is -2.26. The van der Waals surface area contributed by atoms with Gasteiger partial charge in [0.25, 0.3) is 0 Å². The van der Waals surface area contributed by atoms with Gasteiger partial charge in [0.05, 0.1) is 30.2 Å². The van der Waals surface area contributed by atoms with Gasteiger partial charge in [0.2, 0.25) is 4.77 Å². The minimum atomic E-state index is 0.189. The fourth-order valence-electron chi connectivity index (χ4n) is 4.13. The summed E-state index contributed by atoms with van der Waals surface area (Å²) in [5, 5.41) is 8.98. The lowest BCUT2D eigenvalue weighted by atomic mass is 10.1. The van der Waals surface area contributed by atoms with Crippen LogP contribution in [0.4, 0.5) is 0 Å². The van der Waals surface area contributed by atoms with Crippen molar-refractivity contribution in [1.29, 1.82) is 0 Å². The summed E-state index contributed by atoms with van der Waals surface area (Å²) in [5.41, 5.74) is 2.82. The average molecular weight is 422 g/mol. The first-order chi connectivity index (χ1) is 14.6. The van der Waals surface area contributed by atoms with Gasteiger partial charge >= 0.3 is 0 Å². The summed E-state index contributed by atoms with van der Waals surface area (Å²) in [5.74, 6) is 2.50. The van der Waals surface area contributed by atoms with Crippen molar-refractivity contribution in [2.75, 3.05) is 6.54 Å². The van der Waals surface area contributed by atoms with Crippen molar-refractivity contribution >= 4 is 12.2 Å². The number of benzene rings is 1. The van der Waals surface area contributed by atoms with Crippen molar-refractivity contribution in [3.63, 3.8) is 0 Å². The van der Waals surface area contributed by atoms with E-state index in [0.717, 1.165) is 53.7 Å². The van der Waals surface area contributed by atoms with Gasteiger partial charge < -0.3 is 8.94 Å². The van der Waals surface area contributed by atoms with Gasteiger partial charge in [-0.2, -0.15) is 0 Å². The van der Waals surface area contributed by atoms with E-state index >= 15 is 0 Å². The molecule has 1 atom stereocenters. The zero-order valence-electron chi connectivity index (χ0n) is 17.0. The molecule has 0 amide bonds. The molecular formula is C22H23N5O2S. The Labute approximate surface area is 179 Å². The monoisotopic (exact) mass is 421 g/mol. The summed E-state index contributed by atoms with van der Waals surface area (Å²) in [6.07, 6.45) is 3.82. The smallest absolute Gasteiger partial charge is 0.204 e. The summed E-state index contributed by atoms with van der Waals surface area (Å²) < 4.78 is 15.7. The van der Waals surface area contributed by atoms with Crippen LogP contribution in [-0.2, 0) is 6.67 Å². The van der Waals surface area contributed by atoms with Crippen LogP contribution in [0.25, 0.3) is 17.1 Å². The van der Waals surface area contributed by atoms with Crippen LogP contribution in [0, 0.1) is 18.6 Å². The molecule has 5 rings (SSSR count). The normalized spacial score (nSPS) is 17.1. The van der Waals surface area contributed by atoms with Gasteiger partial charge in [0, 0.05) is 18.3 Å². The van der Waals surface area contributed by atoms with E-state index in [0.29, 0.717) is 11.4 Å². The van der Waals surface area contributed by atoms with Crippen LogP contribution >= 0.6 is 12.2 Å². The molecule has 0 radical (unpaired) electrons. The maximum Gasteiger partial charge on any atom is 0.204 e. The summed E-state index contributed by atoms with van der Waals surface area (Å²) in [7, 11) is 0. The van der Waals surface area contributed by atoms with E-state index in [2.05, 4.69) is 10.1 Å². The molecule has 4 heterocycles. The second kappa shape index (κ2) is 7.70. The number of rotatable bonds is 5. The predicted molar refractivity (Wildman–Crippen MR) is 115 cm³/mol. The Balaban J connectivity index is 1.55. The van der Waals surface area contributed by atoms with E-state index in [-0.39, 0.29) is 6.04 Å². The molecule has 1 aliphatic heterocycles. The topological polar surface area (TPSA) is 65.2 Å². The Kier molecular flexibility index (Phi) is 4.88. The Morgan fingerprint density at radius 2 is 2.00 bits per heavy atom. The van der Waals surface area contributed by atoms with Crippen molar-refractivity contribution in [2.45, 2.75) is 39.4 Å². The third-order valence-electron chi connectivity index (χ3n) is 5.61. The molecule has 4 aromatic rings. The first-order valence-corrected chi connectivity index (χ1v) is 10.5. The van der Waals surface area contributed by atoms with Gasteiger partial charge in [-0.25, -0.2) is 4.68 Å². The van der Waals surface area contributed by atoms with E-state index in [9.17, 15) is 0 Å². The number of nitrogens with zero attached hydrogens (tertiary/aromatic N) is 5. The van der Waals surface area contributed by atoms with E-state index in [1.54, 1.807) is 6.26 Å². The first-order valence-electron chi connectivity index (χ1n) is 10.1. The molecule has 7 nitrogen and oxygen atoms in total. The molecule has 8 heteroatoms. The highest BCUT2D eigenvalue weighted by molar-refractivity contribution is 7.71. The number of hydrogen-bond donors (Lipinski definition) is 0. The van der Waals surface area contributed by atoms with Gasteiger partial charge in [-0.05, 0) is 57.1 Å². The van der Waals surface area contributed by atoms with Gasteiger partial charge in [-0.1, -0.05) is 23.4 Å². The van der Waals surface area contributed by atoms with Crippen LogP contribution < -0.4 is 0 Å². The number of likely N-dealkylation sites (tertiary alicyclic amines) is 1. The Bertz CT molecular complexity index is 1220. The van der Waals surface area contributed by atoms with E-state index in [1.807, 2.05) is 65.6 Å². The van der Waals surface area contributed by atoms with Crippen LogP contribution in [-0.4, -0.2) is 30.9 Å². The second-order valence-electron chi connectivity index (χ2n) is 7.65. The van der Waals surface area contributed by atoms with Crippen molar-refractivity contribution in [3.05, 3.63) is 70.7 Å². The van der Waals surface area contributed by atoms with Gasteiger partial charge in [-0.3, -0.25) is 9.47 Å². The number of aromatic nitrogens is 4. The second-order valence-corrected chi connectivity index (χ2v) is 8.01. The minimum Gasteiger partial charge on any atom is -0.469 e. The minimum absolute atomic E-state index is 0.189. The van der Waals surface area contributed by atoms with Gasteiger partial charge in [-0.15, -0.1) is 5.10 Å². The molecule has 0 bridgehead atoms. The molecule has 0 spiro atoms. The maximum atomic E-state index is 5.88. The number of hydrogen-bond acceptors (Lipinski definition) is 6. The van der Waals surface area contributed by atoms with Gasteiger partial charge in [0.15, 0.2) is 11.6 Å². The van der Waals surface area contributed by atoms with Crippen LogP contribution in [0.15, 0.2) is 57.7 Å². The number of para-hydroxylation sites is 1. The van der Waals surface area contributed by atoms with E-state index < -0.39 is 0 Å². The van der Waals surface area contributed by atoms with Crippen molar-refractivity contribution in [3.8, 4) is 17.1 Å². The molecule has 1 saturated heterocycles. The highest BCUT2D eigenvalue weighted by Crippen LogP contribution is 2.33. The summed E-state index contributed by atoms with van der Waals surface area (Å²) in [6.45, 7) is 5.44. The molecule has 0 N–H and O–H groups in total. The third-order valence-corrected chi connectivity index (χ3v) is 6.00. The SMILES string of the molecule is Cc1cc(C2CCCN2Cn2nc(-c3ccoc3C)n(-c3ccccc3)c2=S)on1. The fraction of sp³-hybridized carbons (Fsp3) is 0.318. The Morgan fingerprint density at radius 3 is 2.70 bits per heavy atom. The molecule has 1 aromatic carbocycles. The fourth-order valence-corrected chi connectivity index (χ4v) is 4.42. The average Bonchev–Trinajstić information content (AvgIpc) is 3.52. The zero-order chi connectivity index (χ0) is 20.7. The van der Waals surface area contributed by atoms with Crippen LogP contribution in [0.2, 0.25) is 0 Å². The largest absolute Gasteiger partial charge is 0.469 e. The van der Waals surface area contributed by atoms with Crippen molar-refractivity contribution < 1.29 is 8.94 Å². The van der Waals surface area contributed by atoms with Crippen molar-refractivity contribution in [1.82, 2.24) is 24.4 Å². The zero-order valence-corrected chi connectivity index (χ0v) is 17.8. The molecule has 3 aromatic heterocycles. The summed E-state index contributed by atoms with van der Waals surface area (Å²) in [4.78, 5) is 2.35. The molecule has 154 valence electrons. The standard InChI is InChI=1S/C22H23N5O2S/c1-15-13-20(29-24-15)19-9-6-11-25(19)14-26-22(30)27(17-7-4-3-5-8-17)21(23-26)18-10-12-28-16(18)2/h3-5,7-8,10,12-13,19H,6,9,11,14H2,1-2H3. The van der Waals surface area contributed by atoms with Crippen LogP contribution in [0.1, 0.15) is 36.1 Å². The molecule has 1 aliphatic rings. The molecule has 1 unspecified atom stereocenters. The third kappa shape index (κ3) is 3.32. The first kappa shape index (κ1) is 19.0. The summed E-state index contributed by atoms with van der Waals surface area (Å²) >= 11 is 5.88. The maximum absolute atomic E-state index is 5.88. The molecule has 0 saturated carbocycles. The molecule has 0 aliphatic carbocycles. The van der Waals surface area contributed by atoms with E-state index in [4.69, 9.17) is 26.3 Å². The number of aryl methyl sites for hydroxylation is 2. The van der Waals surface area contributed by atoms with Crippen LogP contribution in [0.5, 0.6) is 0 Å². The lowest BCUT2D eigenvalue weighted by molar-refractivity contribution is 0.163. The Hall–Kier alpha value is -2.97. The van der Waals surface area contributed by atoms with Crippen molar-refractivity contribution in [2.24, 2.45) is 0 Å². The van der Waals surface area contributed by atoms with Crippen LogP contribution in [0.3, 0.4) is 0 Å². The highest BCUT2D eigenvalue weighted by Gasteiger charge is 2.30. The molecule has 30 heavy (non-hydrogen) atoms. The Morgan fingerprint density at radius 1 is 1.17 bits per heavy atom. The van der Waals surface area contributed by atoms with Gasteiger partial charge in [0.1, 0.15) is 5.76 Å². The molecule has 1 fully saturated rings. The lowest BCUT2D eigenvalue weighted by Gasteiger charge is -2.21. The molecular weight excluding hydrogens is 398 g/mol.